The predicted octanol–water partition coefficient (Wildman–Crippen LogP) is 6.17. The fraction of sp³-hybridized carbons (Fsp3) is 0.302. The van der Waals surface area contributed by atoms with E-state index in [9.17, 15) is 19.8 Å². The summed E-state index contributed by atoms with van der Waals surface area (Å²) in [4.78, 5) is 25.5. The summed E-state index contributed by atoms with van der Waals surface area (Å²) in [7, 11) is 2.99. The third-order valence-electron chi connectivity index (χ3n) is 8.68. The van der Waals surface area contributed by atoms with E-state index in [-0.39, 0.29) is 52.8 Å². The Labute approximate surface area is 328 Å². The number of phenolic OH excluding ortho intramolecular Hbond substituents is 2. The molecule has 0 radical (unpaired) electrons. The first-order chi connectivity index (χ1) is 27.8. The van der Waals surface area contributed by atoms with Crippen molar-refractivity contribution in [3.05, 3.63) is 112 Å². The van der Waals surface area contributed by atoms with Gasteiger partial charge in [0.05, 0.1) is 45.2 Å². The minimum atomic E-state index is -0.378. The maximum Gasteiger partial charge on any atom is 0.197 e. The van der Waals surface area contributed by atoms with E-state index in [0.29, 0.717) is 99.2 Å². The Balaban J connectivity index is 0.814. The molecule has 0 bridgehead atoms. The lowest BCUT2D eigenvalue weighted by Crippen LogP contribution is -2.14. The molecular formula is C43H44O14. The first-order valence-corrected chi connectivity index (χ1v) is 18.2. The van der Waals surface area contributed by atoms with Gasteiger partial charge in [0.1, 0.15) is 64.4 Å². The molecule has 0 aliphatic heterocycles. The van der Waals surface area contributed by atoms with Crippen LogP contribution in [0, 0.1) is 0 Å². The van der Waals surface area contributed by atoms with Crippen molar-refractivity contribution in [2.24, 2.45) is 0 Å². The van der Waals surface area contributed by atoms with Crippen molar-refractivity contribution in [2.75, 3.05) is 80.7 Å². The number of rotatable bonds is 22. The molecule has 14 nitrogen and oxygen atoms in total. The summed E-state index contributed by atoms with van der Waals surface area (Å²) < 4.78 is 54.9. The van der Waals surface area contributed by atoms with Gasteiger partial charge in [0.15, 0.2) is 24.8 Å². The van der Waals surface area contributed by atoms with Crippen LogP contribution in [0.3, 0.4) is 0 Å². The van der Waals surface area contributed by atoms with E-state index in [4.69, 9.17) is 47.0 Å². The van der Waals surface area contributed by atoms with Gasteiger partial charge in [-0.2, -0.15) is 0 Å². The molecule has 0 saturated heterocycles. The number of hydrogen-bond donors (Lipinski definition) is 2. The van der Waals surface area contributed by atoms with Crippen molar-refractivity contribution in [3.8, 4) is 45.8 Å². The van der Waals surface area contributed by atoms with Gasteiger partial charge in [-0.25, -0.2) is 0 Å². The van der Waals surface area contributed by atoms with Gasteiger partial charge in [0.2, 0.25) is 0 Å². The van der Waals surface area contributed by atoms with Crippen LogP contribution in [0.15, 0.2) is 94.2 Å². The molecule has 2 N–H and O–H groups in total. The molecule has 1 aromatic heterocycles. The SMILES string of the molecule is COCOc1cc(O)c2c(c1)CC(c1ccc(OCCOCCOCCOCCOc3ccc(-c4cc(=O)c5c(O)cc(OCOC)cc5o4)cc3)cc1)=CC2=O. The van der Waals surface area contributed by atoms with E-state index in [1.165, 1.54) is 38.5 Å². The number of carbonyl (C=O) groups is 1. The van der Waals surface area contributed by atoms with Gasteiger partial charge in [-0.3, -0.25) is 9.59 Å². The van der Waals surface area contributed by atoms with Crippen LogP contribution in [0.4, 0.5) is 0 Å². The second-order valence-corrected chi connectivity index (χ2v) is 12.7. The monoisotopic (exact) mass is 784 g/mol. The summed E-state index contributed by atoms with van der Waals surface area (Å²) in [5, 5.41) is 20.8. The van der Waals surface area contributed by atoms with Crippen molar-refractivity contribution in [1.82, 2.24) is 0 Å². The molecule has 1 aliphatic carbocycles. The zero-order valence-corrected chi connectivity index (χ0v) is 31.7. The highest BCUT2D eigenvalue weighted by atomic mass is 16.7. The number of benzene rings is 4. The lowest BCUT2D eigenvalue weighted by molar-refractivity contribution is 0.00499. The molecule has 1 heterocycles. The normalized spacial score (nSPS) is 12.3. The lowest BCUT2D eigenvalue weighted by Gasteiger charge is -2.19. The Morgan fingerprint density at radius 2 is 1.11 bits per heavy atom. The van der Waals surface area contributed by atoms with Crippen molar-refractivity contribution in [3.63, 3.8) is 0 Å². The average molecular weight is 785 g/mol. The number of carbonyl (C=O) groups excluding carboxylic acids is 1. The molecule has 300 valence electrons. The summed E-state index contributed by atoms with van der Waals surface area (Å²) in [5.41, 5.74) is 3.17. The lowest BCUT2D eigenvalue weighted by atomic mass is 9.86. The van der Waals surface area contributed by atoms with Crippen molar-refractivity contribution in [1.29, 1.82) is 0 Å². The maximum absolute atomic E-state index is 12.8. The number of hydrogen-bond acceptors (Lipinski definition) is 14. The number of fused-ring (bicyclic) bond motifs is 2. The highest BCUT2D eigenvalue weighted by Crippen LogP contribution is 2.36. The Bertz CT molecular complexity index is 2190. The van der Waals surface area contributed by atoms with Crippen molar-refractivity contribution >= 4 is 22.3 Å². The molecule has 6 rings (SSSR count). The van der Waals surface area contributed by atoms with Gasteiger partial charge in [-0.05, 0) is 71.7 Å². The number of ether oxygens (including phenoxy) is 9. The number of methoxy groups -OCH3 is 2. The van der Waals surface area contributed by atoms with Crippen LogP contribution in [-0.4, -0.2) is 96.7 Å². The molecule has 0 atom stereocenters. The van der Waals surface area contributed by atoms with E-state index < -0.39 is 0 Å². The summed E-state index contributed by atoms with van der Waals surface area (Å²) in [6.07, 6.45) is 2.02. The van der Waals surface area contributed by atoms with Crippen molar-refractivity contribution in [2.45, 2.75) is 6.42 Å². The summed E-state index contributed by atoms with van der Waals surface area (Å²) >= 11 is 0. The Hall–Kier alpha value is -5.90. The molecule has 0 spiro atoms. The molecule has 0 fully saturated rings. The smallest absolute Gasteiger partial charge is 0.197 e. The molecule has 57 heavy (non-hydrogen) atoms. The fourth-order valence-corrected chi connectivity index (χ4v) is 6.02. The number of phenols is 2. The van der Waals surface area contributed by atoms with Gasteiger partial charge in [-0.15, -0.1) is 0 Å². The van der Waals surface area contributed by atoms with E-state index in [1.54, 1.807) is 36.4 Å². The Morgan fingerprint density at radius 1 is 0.579 bits per heavy atom. The predicted molar refractivity (Wildman–Crippen MR) is 209 cm³/mol. The zero-order chi connectivity index (χ0) is 40.0. The molecule has 0 amide bonds. The first-order valence-electron chi connectivity index (χ1n) is 18.2. The van der Waals surface area contributed by atoms with Gasteiger partial charge in [0.25, 0.3) is 0 Å². The van der Waals surface area contributed by atoms with Crippen LogP contribution >= 0.6 is 0 Å². The highest BCUT2D eigenvalue weighted by molar-refractivity contribution is 6.13. The minimum Gasteiger partial charge on any atom is -0.507 e. The quantitative estimate of drug-likeness (QED) is 0.0604. The average Bonchev–Trinajstić information content (AvgIpc) is 3.20. The summed E-state index contributed by atoms with van der Waals surface area (Å²) in [5.74, 6) is 1.77. The molecule has 1 aliphatic rings. The van der Waals surface area contributed by atoms with Gasteiger partial charge < -0.3 is 57.3 Å². The number of ketones is 1. The van der Waals surface area contributed by atoms with Crippen LogP contribution in [0.1, 0.15) is 21.5 Å². The summed E-state index contributed by atoms with van der Waals surface area (Å²) in [6.45, 7) is 3.11. The van der Waals surface area contributed by atoms with Gasteiger partial charge in [0, 0.05) is 44.0 Å². The highest BCUT2D eigenvalue weighted by Gasteiger charge is 2.23. The number of aromatic hydroxyl groups is 2. The summed E-state index contributed by atoms with van der Waals surface area (Å²) in [6, 6.07) is 21.9. The van der Waals surface area contributed by atoms with E-state index in [2.05, 4.69) is 0 Å². The Kier molecular flexibility index (Phi) is 14.5. The van der Waals surface area contributed by atoms with E-state index >= 15 is 0 Å². The third-order valence-corrected chi connectivity index (χ3v) is 8.68. The molecule has 14 heteroatoms. The van der Waals surface area contributed by atoms with Gasteiger partial charge in [-0.1, -0.05) is 12.1 Å². The molecular weight excluding hydrogens is 740 g/mol. The first kappa shape index (κ1) is 40.8. The molecule has 0 unspecified atom stereocenters. The number of allylic oxidation sites excluding steroid dienone is 2. The molecule has 5 aromatic rings. The van der Waals surface area contributed by atoms with Gasteiger partial charge >= 0.3 is 0 Å². The van der Waals surface area contributed by atoms with Crippen LogP contribution < -0.4 is 24.4 Å². The van der Waals surface area contributed by atoms with E-state index in [1.807, 2.05) is 24.3 Å². The molecule has 4 aromatic carbocycles. The van der Waals surface area contributed by atoms with Crippen molar-refractivity contribution < 1.29 is 62.1 Å². The second-order valence-electron chi connectivity index (χ2n) is 12.7. The second kappa shape index (κ2) is 20.3. The topological polar surface area (TPSA) is 171 Å². The molecule has 0 saturated carbocycles. The van der Waals surface area contributed by atoms with Crippen LogP contribution in [0.5, 0.6) is 34.5 Å². The zero-order valence-electron chi connectivity index (χ0n) is 31.7. The van der Waals surface area contributed by atoms with Crippen LogP contribution in [-0.2, 0) is 30.1 Å². The minimum absolute atomic E-state index is 0.0177. The largest absolute Gasteiger partial charge is 0.507 e. The van der Waals surface area contributed by atoms with Crippen LogP contribution in [0.2, 0.25) is 0 Å². The fourth-order valence-electron chi connectivity index (χ4n) is 6.02. The van der Waals surface area contributed by atoms with Crippen LogP contribution in [0.25, 0.3) is 27.9 Å². The third kappa shape index (κ3) is 11.1. The van der Waals surface area contributed by atoms with E-state index in [0.717, 1.165) is 11.1 Å². The Morgan fingerprint density at radius 3 is 1.68 bits per heavy atom. The standard InChI is InChI=1S/C43H44O14/c1-48-26-55-34-20-31-19-30(21-36(44)42(31)37(45)22-34)28-3-7-32(8-4-28)53-17-15-51-13-11-50-12-14-52-16-18-54-33-9-5-29(6-10-33)40-25-39(47)43-38(46)23-35(56-27-49-2)24-41(43)57-40/h3-10,20-25,45-46H,11-19,26-27H2,1-2H3. The maximum atomic E-state index is 12.8.